The van der Waals surface area contributed by atoms with Gasteiger partial charge >= 0.3 is 0 Å². The average molecular weight is 348 g/mol. The zero-order chi connectivity index (χ0) is 18.4. The number of hydrogen-bond donors (Lipinski definition) is 2. The van der Waals surface area contributed by atoms with Crippen molar-refractivity contribution in [2.45, 2.75) is 40.2 Å². The van der Waals surface area contributed by atoms with Gasteiger partial charge in [0.2, 0.25) is 5.91 Å². The maximum atomic E-state index is 12.1. The van der Waals surface area contributed by atoms with Crippen LogP contribution in [0.5, 0.6) is 0 Å². The zero-order valence-corrected chi connectivity index (χ0v) is 15.3. The number of hydrogen-bond acceptors (Lipinski definition) is 5. The van der Waals surface area contributed by atoms with Crippen LogP contribution in [0.3, 0.4) is 0 Å². The lowest BCUT2D eigenvalue weighted by atomic mass is 9.95. The Kier molecular flexibility index (Phi) is 6.50. The van der Waals surface area contributed by atoms with E-state index in [1.54, 1.807) is 32.9 Å². The Morgan fingerprint density at radius 2 is 1.92 bits per heavy atom. The maximum Gasteiger partial charge on any atom is 0.271 e. The summed E-state index contributed by atoms with van der Waals surface area (Å²) in [7, 11) is 0. The molecule has 2 N–H and O–H groups in total. The van der Waals surface area contributed by atoms with Gasteiger partial charge in [0.25, 0.3) is 5.69 Å². The Labute approximate surface area is 148 Å². The first kappa shape index (κ1) is 19.3. The van der Waals surface area contributed by atoms with Crippen LogP contribution in [-0.2, 0) is 11.3 Å². The van der Waals surface area contributed by atoms with E-state index in [-0.39, 0.29) is 11.6 Å². The van der Waals surface area contributed by atoms with Crippen LogP contribution < -0.4 is 10.6 Å². The van der Waals surface area contributed by atoms with Gasteiger partial charge in [0.05, 0.1) is 4.92 Å². The van der Waals surface area contributed by atoms with Crippen LogP contribution in [0.1, 0.15) is 39.2 Å². The lowest BCUT2D eigenvalue weighted by Crippen LogP contribution is -2.29. The Morgan fingerprint density at radius 3 is 2.52 bits per heavy atom. The quantitative estimate of drug-likeness (QED) is 0.449. The highest BCUT2D eigenvalue weighted by Gasteiger charge is 2.22. The van der Waals surface area contributed by atoms with Gasteiger partial charge < -0.3 is 15.5 Å². The molecular weight excluding hydrogens is 320 g/mol. The Hall–Kier alpha value is -1.99. The van der Waals surface area contributed by atoms with Gasteiger partial charge in [0.1, 0.15) is 0 Å². The van der Waals surface area contributed by atoms with Crippen molar-refractivity contribution >= 4 is 17.3 Å². The van der Waals surface area contributed by atoms with Crippen LogP contribution in [-0.4, -0.2) is 41.9 Å². The molecule has 1 aliphatic heterocycles. The summed E-state index contributed by atoms with van der Waals surface area (Å²) in [6, 6.07) is 4.74. The number of likely N-dealkylation sites (tertiary alicyclic amines) is 1. The molecule has 1 aliphatic rings. The summed E-state index contributed by atoms with van der Waals surface area (Å²) in [5.41, 5.74) is 0.687. The van der Waals surface area contributed by atoms with E-state index in [9.17, 15) is 14.9 Å². The summed E-state index contributed by atoms with van der Waals surface area (Å²) in [4.78, 5) is 25.3. The molecule has 1 aromatic carbocycles. The van der Waals surface area contributed by atoms with E-state index in [0.29, 0.717) is 12.2 Å². The molecule has 138 valence electrons. The minimum atomic E-state index is -0.557. The van der Waals surface area contributed by atoms with E-state index in [1.165, 1.54) is 18.9 Å². The van der Waals surface area contributed by atoms with E-state index < -0.39 is 10.3 Å². The number of carbonyl (C=O) groups excluding carboxylic acids is 1. The predicted octanol–water partition coefficient (Wildman–Crippen LogP) is 2.76. The fraction of sp³-hybridized carbons (Fsp3) is 0.611. The molecular formula is C18H28N4O3. The van der Waals surface area contributed by atoms with Crippen molar-refractivity contribution in [3.63, 3.8) is 0 Å². The molecule has 2 rings (SSSR count). The van der Waals surface area contributed by atoms with Gasteiger partial charge in [-0.1, -0.05) is 20.8 Å². The van der Waals surface area contributed by atoms with Crippen molar-refractivity contribution in [2.24, 2.45) is 5.41 Å². The third kappa shape index (κ3) is 6.10. The molecule has 0 atom stereocenters. The molecule has 0 unspecified atom stereocenters. The fourth-order valence-corrected chi connectivity index (χ4v) is 2.75. The number of amides is 1. The van der Waals surface area contributed by atoms with E-state index >= 15 is 0 Å². The minimum absolute atomic E-state index is 0.0111. The molecule has 0 saturated carbocycles. The number of carbonyl (C=O) groups is 1. The summed E-state index contributed by atoms with van der Waals surface area (Å²) in [5.74, 6) is -0.166. The van der Waals surface area contributed by atoms with Crippen molar-refractivity contribution < 1.29 is 9.72 Å². The van der Waals surface area contributed by atoms with Crippen molar-refractivity contribution in [2.75, 3.05) is 31.5 Å². The third-order valence-electron chi connectivity index (χ3n) is 4.26. The van der Waals surface area contributed by atoms with Gasteiger partial charge in [-0.25, -0.2) is 0 Å². The first-order valence-electron chi connectivity index (χ1n) is 8.78. The van der Waals surface area contributed by atoms with Crippen LogP contribution >= 0.6 is 0 Å². The normalized spacial score (nSPS) is 15.3. The van der Waals surface area contributed by atoms with Crippen molar-refractivity contribution in [3.05, 3.63) is 33.9 Å². The molecule has 7 nitrogen and oxygen atoms in total. The molecule has 1 aromatic rings. The average Bonchev–Trinajstić information content (AvgIpc) is 3.03. The second-order valence-electron chi connectivity index (χ2n) is 7.57. The van der Waals surface area contributed by atoms with Crippen molar-refractivity contribution in [1.82, 2.24) is 10.2 Å². The smallest absolute Gasteiger partial charge is 0.271 e. The van der Waals surface area contributed by atoms with Crippen molar-refractivity contribution in [3.8, 4) is 0 Å². The second kappa shape index (κ2) is 8.40. The number of nitro groups is 1. The molecule has 25 heavy (non-hydrogen) atoms. The molecule has 1 heterocycles. The summed E-state index contributed by atoms with van der Waals surface area (Å²) in [6.07, 6.45) is 2.53. The highest BCUT2D eigenvalue weighted by atomic mass is 16.6. The number of non-ortho nitro benzene ring substituents is 1. The van der Waals surface area contributed by atoms with E-state index in [4.69, 9.17) is 0 Å². The zero-order valence-electron chi connectivity index (χ0n) is 15.3. The topological polar surface area (TPSA) is 87.5 Å². The Bertz CT molecular complexity index is 619. The molecule has 1 saturated heterocycles. The monoisotopic (exact) mass is 348 g/mol. The van der Waals surface area contributed by atoms with Crippen LogP contribution in [0.15, 0.2) is 18.2 Å². The summed E-state index contributed by atoms with van der Waals surface area (Å²) >= 11 is 0. The minimum Gasteiger partial charge on any atom is -0.325 e. The van der Waals surface area contributed by atoms with Crippen LogP contribution in [0.4, 0.5) is 11.4 Å². The lowest BCUT2D eigenvalue weighted by molar-refractivity contribution is -0.384. The van der Waals surface area contributed by atoms with Gasteiger partial charge in [-0.15, -0.1) is 0 Å². The molecule has 1 amide bonds. The molecule has 0 aromatic heterocycles. The predicted molar refractivity (Wildman–Crippen MR) is 98.6 cm³/mol. The number of rotatable bonds is 7. The third-order valence-corrected chi connectivity index (χ3v) is 4.26. The largest absolute Gasteiger partial charge is 0.325 e. The van der Waals surface area contributed by atoms with Crippen LogP contribution in [0.25, 0.3) is 0 Å². The fourth-order valence-electron chi connectivity index (χ4n) is 2.75. The first-order valence-corrected chi connectivity index (χ1v) is 8.78. The summed E-state index contributed by atoms with van der Waals surface area (Å²) in [5, 5.41) is 17.3. The van der Waals surface area contributed by atoms with Gasteiger partial charge in [0, 0.05) is 42.9 Å². The maximum absolute atomic E-state index is 12.1. The second-order valence-corrected chi connectivity index (χ2v) is 7.57. The van der Waals surface area contributed by atoms with Gasteiger partial charge in [0.15, 0.2) is 0 Å². The van der Waals surface area contributed by atoms with E-state index in [0.717, 1.165) is 31.7 Å². The molecule has 7 heteroatoms. The number of nitrogens with zero attached hydrogens (tertiary/aromatic N) is 2. The molecule has 1 fully saturated rings. The Balaban J connectivity index is 1.98. The number of benzene rings is 1. The van der Waals surface area contributed by atoms with E-state index in [2.05, 4.69) is 15.5 Å². The van der Waals surface area contributed by atoms with Crippen molar-refractivity contribution in [1.29, 1.82) is 0 Å². The standard InChI is InChI=1S/C18H28N4O3/c1-18(2,3)17(23)20-15-10-14(11-16(12-15)22(24)25)13-19-6-9-21-7-4-5-8-21/h10-12,19H,4-9,13H2,1-3H3,(H,20,23). The first-order chi connectivity index (χ1) is 11.8. The molecule has 0 radical (unpaired) electrons. The van der Waals surface area contributed by atoms with E-state index in [1.807, 2.05) is 0 Å². The number of anilines is 1. The van der Waals surface area contributed by atoms with Gasteiger partial charge in [-0.3, -0.25) is 14.9 Å². The number of nitro benzene ring substituents is 1. The SMILES string of the molecule is CC(C)(C)C(=O)Nc1cc(CNCCN2CCCC2)cc([N+](=O)[O-])c1. The molecule has 0 bridgehead atoms. The molecule has 0 spiro atoms. The number of nitrogens with one attached hydrogen (secondary N) is 2. The van der Waals surface area contributed by atoms with Gasteiger partial charge in [-0.05, 0) is 37.6 Å². The Morgan fingerprint density at radius 1 is 1.24 bits per heavy atom. The molecule has 0 aliphatic carbocycles. The lowest BCUT2D eigenvalue weighted by Gasteiger charge is -2.18. The summed E-state index contributed by atoms with van der Waals surface area (Å²) in [6.45, 7) is 10.1. The van der Waals surface area contributed by atoms with Crippen LogP contribution in [0, 0.1) is 15.5 Å². The highest BCUT2D eigenvalue weighted by molar-refractivity contribution is 5.94. The summed E-state index contributed by atoms with van der Waals surface area (Å²) < 4.78 is 0. The van der Waals surface area contributed by atoms with Crippen LogP contribution in [0.2, 0.25) is 0 Å². The van der Waals surface area contributed by atoms with Gasteiger partial charge in [-0.2, -0.15) is 0 Å². The highest BCUT2D eigenvalue weighted by Crippen LogP contribution is 2.23.